The van der Waals surface area contributed by atoms with E-state index >= 15 is 0 Å². The summed E-state index contributed by atoms with van der Waals surface area (Å²) in [5.74, 6) is 0.724. The average Bonchev–Trinajstić information content (AvgIpc) is 3.07. The van der Waals surface area contributed by atoms with Crippen molar-refractivity contribution in [3.8, 4) is 11.5 Å². The van der Waals surface area contributed by atoms with Gasteiger partial charge in [0.25, 0.3) is 5.91 Å². The van der Waals surface area contributed by atoms with Gasteiger partial charge in [0.05, 0.1) is 37.3 Å². The molecule has 3 aromatic rings. The largest absolute Gasteiger partial charge is 0.493 e. The molecule has 0 saturated carbocycles. The van der Waals surface area contributed by atoms with Crippen LogP contribution in [0.1, 0.15) is 53.1 Å². The summed E-state index contributed by atoms with van der Waals surface area (Å²) in [6.07, 6.45) is 1.94. The number of hydrogen-bond donors (Lipinski definition) is 1. The minimum atomic E-state index is -0.690. The number of carbonyl (C=O) groups is 1. The summed E-state index contributed by atoms with van der Waals surface area (Å²) in [5.41, 5.74) is 2.02. The van der Waals surface area contributed by atoms with Crippen LogP contribution in [0.5, 0.6) is 11.5 Å². The molecule has 0 spiro atoms. The van der Waals surface area contributed by atoms with Crippen molar-refractivity contribution in [2.24, 2.45) is 0 Å². The normalized spacial score (nSPS) is 15.3. The Morgan fingerprint density at radius 1 is 1.12 bits per heavy atom. The van der Waals surface area contributed by atoms with Gasteiger partial charge in [0.1, 0.15) is 5.58 Å². The number of β-amino-alcohol motifs (C(OH)–C–C–N with tert-alkyl or cyclic N) is 1. The maximum Gasteiger partial charge on any atom is 0.290 e. The summed E-state index contributed by atoms with van der Waals surface area (Å²) in [6, 6.07) is 10.00. The van der Waals surface area contributed by atoms with E-state index in [0.717, 1.165) is 18.4 Å². The van der Waals surface area contributed by atoms with Gasteiger partial charge in [-0.25, -0.2) is 0 Å². The van der Waals surface area contributed by atoms with Crippen LogP contribution in [0, 0.1) is 6.92 Å². The number of aliphatic hydroxyl groups is 1. The standard InChI is InChI=1S/C25H27NO6/c1-4-5-12-31-19-9-7-16(14-20(19)30-3)22-21-23(28)17-13-15(2)6-8-18(17)32-24(21)25(29)26(22)10-11-27/h6-9,13-14,22,27H,4-5,10-12H2,1-3H3/t22-/m1/s1. The van der Waals surface area contributed by atoms with Gasteiger partial charge < -0.3 is 23.9 Å². The van der Waals surface area contributed by atoms with E-state index in [0.29, 0.717) is 34.6 Å². The lowest BCUT2D eigenvalue weighted by Crippen LogP contribution is -2.32. The van der Waals surface area contributed by atoms with Crippen molar-refractivity contribution in [3.63, 3.8) is 0 Å². The van der Waals surface area contributed by atoms with E-state index in [4.69, 9.17) is 13.9 Å². The third-order valence-corrected chi connectivity index (χ3v) is 5.72. The molecule has 0 aliphatic carbocycles. The van der Waals surface area contributed by atoms with E-state index < -0.39 is 11.9 Å². The van der Waals surface area contributed by atoms with Crippen molar-refractivity contribution in [1.29, 1.82) is 0 Å². The number of rotatable bonds is 8. The van der Waals surface area contributed by atoms with Crippen LogP contribution in [0.2, 0.25) is 0 Å². The predicted octanol–water partition coefficient (Wildman–Crippen LogP) is 3.83. The number of ether oxygens (including phenoxy) is 2. The fraction of sp³-hybridized carbons (Fsp3) is 0.360. The van der Waals surface area contributed by atoms with Crippen molar-refractivity contribution >= 4 is 16.9 Å². The van der Waals surface area contributed by atoms with Gasteiger partial charge in [0.2, 0.25) is 5.76 Å². The molecule has 32 heavy (non-hydrogen) atoms. The minimum Gasteiger partial charge on any atom is -0.493 e. The van der Waals surface area contributed by atoms with E-state index in [1.54, 1.807) is 31.4 Å². The molecule has 1 aromatic heterocycles. The molecule has 2 heterocycles. The molecule has 7 nitrogen and oxygen atoms in total. The molecule has 0 fully saturated rings. The first kappa shape index (κ1) is 21.9. The quantitative estimate of drug-likeness (QED) is 0.539. The Morgan fingerprint density at radius 3 is 2.66 bits per heavy atom. The van der Waals surface area contributed by atoms with Crippen LogP contribution in [0.25, 0.3) is 11.0 Å². The minimum absolute atomic E-state index is 0.0204. The molecule has 1 atom stereocenters. The number of methoxy groups -OCH3 is 1. The zero-order chi connectivity index (χ0) is 22.8. The molecule has 0 bridgehead atoms. The number of benzene rings is 2. The maximum absolute atomic E-state index is 13.5. The van der Waals surface area contributed by atoms with Gasteiger partial charge in [0.15, 0.2) is 16.9 Å². The van der Waals surface area contributed by atoms with Gasteiger partial charge in [-0.15, -0.1) is 0 Å². The van der Waals surface area contributed by atoms with Crippen molar-refractivity contribution in [1.82, 2.24) is 4.90 Å². The molecule has 1 N–H and O–H groups in total. The Hall–Kier alpha value is -3.32. The van der Waals surface area contributed by atoms with Crippen LogP contribution < -0.4 is 14.9 Å². The van der Waals surface area contributed by atoms with Gasteiger partial charge in [-0.2, -0.15) is 0 Å². The Labute approximate surface area is 186 Å². The monoisotopic (exact) mass is 437 g/mol. The second-order valence-electron chi connectivity index (χ2n) is 7.91. The Balaban J connectivity index is 1.86. The number of amides is 1. The summed E-state index contributed by atoms with van der Waals surface area (Å²) in [7, 11) is 1.55. The van der Waals surface area contributed by atoms with Crippen LogP contribution in [0.15, 0.2) is 45.6 Å². The van der Waals surface area contributed by atoms with Crippen LogP contribution in [-0.4, -0.2) is 42.8 Å². The SMILES string of the molecule is CCCCOc1ccc([C@@H]2c3c(oc4ccc(C)cc4c3=O)C(=O)N2CCO)cc1OC. The lowest BCUT2D eigenvalue weighted by atomic mass is 9.97. The molecule has 0 saturated heterocycles. The number of unbranched alkanes of at least 4 members (excludes halogenated alkanes) is 1. The Bertz CT molecular complexity index is 1220. The van der Waals surface area contributed by atoms with Gasteiger partial charge in [0, 0.05) is 6.54 Å². The summed E-state index contributed by atoms with van der Waals surface area (Å²) >= 11 is 0. The highest BCUT2D eigenvalue weighted by atomic mass is 16.5. The van der Waals surface area contributed by atoms with Crippen molar-refractivity contribution in [3.05, 3.63) is 69.1 Å². The van der Waals surface area contributed by atoms with Gasteiger partial charge >= 0.3 is 0 Å². The van der Waals surface area contributed by atoms with Crippen LogP contribution in [-0.2, 0) is 0 Å². The second kappa shape index (κ2) is 9.04. The number of hydrogen-bond acceptors (Lipinski definition) is 6. The molecule has 4 rings (SSSR count). The Morgan fingerprint density at radius 2 is 1.94 bits per heavy atom. The highest BCUT2D eigenvalue weighted by molar-refractivity contribution is 5.99. The third kappa shape index (κ3) is 3.73. The molecule has 1 aliphatic heterocycles. The van der Waals surface area contributed by atoms with Gasteiger partial charge in [-0.05, 0) is 43.2 Å². The fourth-order valence-electron chi connectivity index (χ4n) is 4.12. The van der Waals surface area contributed by atoms with Gasteiger partial charge in [-0.1, -0.05) is 31.0 Å². The average molecular weight is 437 g/mol. The lowest BCUT2D eigenvalue weighted by molar-refractivity contribution is 0.0691. The van der Waals surface area contributed by atoms with Crippen molar-refractivity contribution in [2.45, 2.75) is 32.7 Å². The number of aryl methyl sites for hydroxylation is 1. The molecule has 0 radical (unpaired) electrons. The molecule has 168 valence electrons. The van der Waals surface area contributed by atoms with E-state index in [-0.39, 0.29) is 29.9 Å². The molecule has 1 amide bonds. The van der Waals surface area contributed by atoms with E-state index in [1.807, 2.05) is 19.1 Å². The predicted molar refractivity (Wildman–Crippen MR) is 121 cm³/mol. The first-order valence-electron chi connectivity index (χ1n) is 10.8. The van der Waals surface area contributed by atoms with Gasteiger partial charge in [-0.3, -0.25) is 9.59 Å². The van der Waals surface area contributed by atoms with Crippen molar-refractivity contribution in [2.75, 3.05) is 26.9 Å². The molecule has 7 heteroatoms. The summed E-state index contributed by atoms with van der Waals surface area (Å²) < 4.78 is 17.2. The second-order valence-corrected chi connectivity index (χ2v) is 7.91. The maximum atomic E-state index is 13.5. The Kier molecular flexibility index (Phi) is 6.19. The third-order valence-electron chi connectivity index (χ3n) is 5.72. The fourth-order valence-corrected chi connectivity index (χ4v) is 4.12. The lowest BCUT2D eigenvalue weighted by Gasteiger charge is -2.25. The highest BCUT2D eigenvalue weighted by Gasteiger charge is 2.42. The van der Waals surface area contributed by atoms with E-state index in [2.05, 4.69) is 6.92 Å². The molecule has 1 aliphatic rings. The smallest absolute Gasteiger partial charge is 0.290 e. The zero-order valence-electron chi connectivity index (χ0n) is 18.5. The van der Waals surface area contributed by atoms with Crippen LogP contribution >= 0.6 is 0 Å². The number of aliphatic hydroxyl groups excluding tert-OH is 1. The zero-order valence-corrected chi connectivity index (χ0v) is 18.5. The molecular weight excluding hydrogens is 410 g/mol. The summed E-state index contributed by atoms with van der Waals surface area (Å²) in [4.78, 5) is 28.1. The summed E-state index contributed by atoms with van der Waals surface area (Å²) in [5, 5.41) is 10.0. The summed E-state index contributed by atoms with van der Waals surface area (Å²) in [6.45, 7) is 4.39. The topological polar surface area (TPSA) is 89.2 Å². The molecular formula is C25H27NO6. The van der Waals surface area contributed by atoms with Crippen LogP contribution in [0.4, 0.5) is 0 Å². The van der Waals surface area contributed by atoms with E-state index in [9.17, 15) is 14.7 Å². The van der Waals surface area contributed by atoms with Crippen LogP contribution in [0.3, 0.4) is 0 Å². The van der Waals surface area contributed by atoms with E-state index in [1.165, 1.54) is 4.90 Å². The number of fused-ring (bicyclic) bond motifs is 2. The highest BCUT2D eigenvalue weighted by Crippen LogP contribution is 2.40. The first-order chi connectivity index (χ1) is 15.5. The van der Waals surface area contributed by atoms with Crippen molar-refractivity contribution < 1.29 is 23.8 Å². The molecule has 0 unspecified atom stereocenters. The number of nitrogens with zero attached hydrogens (tertiary/aromatic N) is 1. The molecule has 2 aromatic carbocycles. The first-order valence-corrected chi connectivity index (χ1v) is 10.8. The number of carbonyl (C=O) groups excluding carboxylic acids is 1.